The Labute approximate surface area is 92.6 Å². The number of hydrogen-bond donors (Lipinski definition) is 1. The predicted molar refractivity (Wildman–Crippen MR) is 65.6 cm³/mol. The van der Waals surface area contributed by atoms with E-state index < -0.39 is 0 Å². The van der Waals surface area contributed by atoms with Crippen molar-refractivity contribution in [3.8, 4) is 5.75 Å². The molecule has 1 aromatic carbocycles. The van der Waals surface area contributed by atoms with Gasteiger partial charge in [-0.15, -0.1) is 0 Å². The SMILES string of the molecule is CCC(C)CCNc1ccccc1OC. The van der Waals surface area contributed by atoms with Crippen molar-refractivity contribution in [1.29, 1.82) is 0 Å². The third-order valence-electron chi connectivity index (χ3n) is 2.76. The first-order chi connectivity index (χ1) is 7.27. The number of para-hydroxylation sites is 2. The van der Waals surface area contributed by atoms with E-state index in [9.17, 15) is 0 Å². The molecule has 2 nitrogen and oxygen atoms in total. The minimum atomic E-state index is 0.784. The fourth-order valence-electron chi connectivity index (χ4n) is 1.45. The zero-order valence-corrected chi connectivity index (χ0v) is 9.92. The van der Waals surface area contributed by atoms with E-state index in [2.05, 4.69) is 25.2 Å². The highest BCUT2D eigenvalue weighted by molar-refractivity contribution is 5.55. The highest BCUT2D eigenvalue weighted by atomic mass is 16.5. The molecule has 1 rings (SSSR count). The van der Waals surface area contributed by atoms with Crippen LogP contribution < -0.4 is 10.1 Å². The van der Waals surface area contributed by atoms with E-state index in [4.69, 9.17) is 4.74 Å². The lowest BCUT2D eigenvalue weighted by molar-refractivity contribution is 0.416. The summed E-state index contributed by atoms with van der Waals surface area (Å²) >= 11 is 0. The van der Waals surface area contributed by atoms with Crippen LogP contribution in [0.15, 0.2) is 24.3 Å². The molecule has 0 aromatic heterocycles. The fraction of sp³-hybridized carbons (Fsp3) is 0.538. The highest BCUT2D eigenvalue weighted by Gasteiger charge is 2.01. The molecule has 0 fully saturated rings. The lowest BCUT2D eigenvalue weighted by Gasteiger charge is -2.12. The van der Waals surface area contributed by atoms with Crippen molar-refractivity contribution in [2.75, 3.05) is 19.0 Å². The van der Waals surface area contributed by atoms with Crippen molar-refractivity contribution in [3.63, 3.8) is 0 Å². The third-order valence-corrected chi connectivity index (χ3v) is 2.76. The number of benzene rings is 1. The predicted octanol–water partition coefficient (Wildman–Crippen LogP) is 3.54. The largest absolute Gasteiger partial charge is 0.495 e. The molecule has 0 saturated carbocycles. The van der Waals surface area contributed by atoms with E-state index in [1.807, 2.05) is 18.2 Å². The van der Waals surface area contributed by atoms with E-state index in [0.717, 1.165) is 23.9 Å². The van der Waals surface area contributed by atoms with E-state index in [1.54, 1.807) is 7.11 Å². The van der Waals surface area contributed by atoms with Crippen LogP contribution in [-0.4, -0.2) is 13.7 Å². The molecule has 0 saturated heterocycles. The van der Waals surface area contributed by atoms with E-state index in [-0.39, 0.29) is 0 Å². The van der Waals surface area contributed by atoms with Crippen LogP contribution >= 0.6 is 0 Å². The minimum absolute atomic E-state index is 0.784. The van der Waals surface area contributed by atoms with Crippen LogP contribution in [0.4, 0.5) is 5.69 Å². The van der Waals surface area contributed by atoms with Crippen LogP contribution in [0.5, 0.6) is 5.75 Å². The summed E-state index contributed by atoms with van der Waals surface area (Å²) in [6, 6.07) is 8.04. The van der Waals surface area contributed by atoms with Crippen molar-refractivity contribution in [2.24, 2.45) is 5.92 Å². The van der Waals surface area contributed by atoms with Crippen LogP contribution in [0, 0.1) is 5.92 Å². The lowest BCUT2D eigenvalue weighted by atomic mass is 10.1. The van der Waals surface area contributed by atoms with Gasteiger partial charge < -0.3 is 10.1 Å². The first-order valence-electron chi connectivity index (χ1n) is 5.64. The molecule has 2 heteroatoms. The monoisotopic (exact) mass is 207 g/mol. The molecule has 0 aliphatic rings. The Morgan fingerprint density at radius 2 is 2.07 bits per heavy atom. The van der Waals surface area contributed by atoms with Crippen LogP contribution in [0.25, 0.3) is 0 Å². The molecule has 1 atom stereocenters. The molecule has 0 spiro atoms. The van der Waals surface area contributed by atoms with Gasteiger partial charge in [-0.25, -0.2) is 0 Å². The summed E-state index contributed by atoms with van der Waals surface area (Å²) in [5.74, 6) is 1.70. The summed E-state index contributed by atoms with van der Waals surface area (Å²) in [6.07, 6.45) is 2.45. The summed E-state index contributed by atoms with van der Waals surface area (Å²) in [7, 11) is 1.70. The van der Waals surface area contributed by atoms with Gasteiger partial charge in [0.25, 0.3) is 0 Å². The average molecular weight is 207 g/mol. The Balaban J connectivity index is 2.43. The smallest absolute Gasteiger partial charge is 0.141 e. The molecule has 0 aliphatic carbocycles. The summed E-state index contributed by atoms with van der Waals surface area (Å²) in [5, 5.41) is 3.40. The molecular formula is C13H21NO. The number of methoxy groups -OCH3 is 1. The second-order valence-electron chi connectivity index (χ2n) is 3.93. The standard InChI is InChI=1S/C13H21NO/c1-4-11(2)9-10-14-12-7-5-6-8-13(12)15-3/h5-8,11,14H,4,9-10H2,1-3H3. The molecule has 84 valence electrons. The Bertz CT molecular complexity index is 286. The number of rotatable bonds is 6. The van der Waals surface area contributed by atoms with Crippen LogP contribution in [-0.2, 0) is 0 Å². The van der Waals surface area contributed by atoms with Crippen molar-refractivity contribution in [2.45, 2.75) is 26.7 Å². The van der Waals surface area contributed by atoms with E-state index in [0.29, 0.717) is 0 Å². The number of anilines is 1. The van der Waals surface area contributed by atoms with E-state index in [1.165, 1.54) is 12.8 Å². The summed E-state index contributed by atoms with van der Waals surface area (Å²) < 4.78 is 5.27. The third kappa shape index (κ3) is 3.82. The summed E-state index contributed by atoms with van der Waals surface area (Å²) in [5.41, 5.74) is 1.09. The quantitative estimate of drug-likeness (QED) is 0.770. The zero-order chi connectivity index (χ0) is 11.1. The van der Waals surface area contributed by atoms with Gasteiger partial charge in [-0.3, -0.25) is 0 Å². The van der Waals surface area contributed by atoms with Gasteiger partial charge >= 0.3 is 0 Å². The minimum Gasteiger partial charge on any atom is -0.495 e. The molecule has 0 bridgehead atoms. The van der Waals surface area contributed by atoms with Gasteiger partial charge in [-0.2, -0.15) is 0 Å². The number of ether oxygens (including phenoxy) is 1. The maximum Gasteiger partial charge on any atom is 0.141 e. The first-order valence-corrected chi connectivity index (χ1v) is 5.64. The van der Waals surface area contributed by atoms with Crippen molar-refractivity contribution in [3.05, 3.63) is 24.3 Å². The second-order valence-corrected chi connectivity index (χ2v) is 3.93. The van der Waals surface area contributed by atoms with Gasteiger partial charge in [-0.05, 0) is 24.5 Å². The Kier molecular flexibility index (Phi) is 5.02. The van der Waals surface area contributed by atoms with Gasteiger partial charge in [0.1, 0.15) is 5.75 Å². The molecule has 0 radical (unpaired) electrons. The van der Waals surface area contributed by atoms with Gasteiger partial charge in [0.15, 0.2) is 0 Å². The van der Waals surface area contributed by atoms with E-state index >= 15 is 0 Å². The Morgan fingerprint density at radius 3 is 2.73 bits per heavy atom. The van der Waals surface area contributed by atoms with Gasteiger partial charge in [0.2, 0.25) is 0 Å². The van der Waals surface area contributed by atoms with Gasteiger partial charge in [-0.1, -0.05) is 32.4 Å². The normalized spacial score (nSPS) is 12.2. The molecule has 15 heavy (non-hydrogen) atoms. The number of hydrogen-bond acceptors (Lipinski definition) is 2. The fourth-order valence-corrected chi connectivity index (χ4v) is 1.45. The molecular weight excluding hydrogens is 186 g/mol. The molecule has 0 amide bonds. The summed E-state index contributed by atoms with van der Waals surface area (Å²) in [4.78, 5) is 0. The molecule has 1 unspecified atom stereocenters. The Hall–Kier alpha value is -1.18. The van der Waals surface area contributed by atoms with Crippen LogP contribution in [0.3, 0.4) is 0 Å². The molecule has 0 aliphatic heterocycles. The van der Waals surface area contributed by atoms with Crippen LogP contribution in [0.1, 0.15) is 26.7 Å². The van der Waals surface area contributed by atoms with Crippen molar-refractivity contribution >= 4 is 5.69 Å². The molecule has 1 aromatic rings. The highest BCUT2D eigenvalue weighted by Crippen LogP contribution is 2.23. The maximum absolute atomic E-state index is 5.27. The second kappa shape index (κ2) is 6.33. The summed E-state index contributed by atoms with van der Waals surface area (Å²) in [6.45, 7) is 5.52. The topological polar surface area (TPSA) is 21.3 Å². The number of nitrogens with one attached hydrogen (secondary N) is 1. The van der Waals surface area contributed by atoms with Gasteiger partial charge in [0, 0.05) is 6.54 Å². The lowest BCUT2D eigenvalue weighted by Crippen LogP contribution is -2.06. The average Bonchev–Trinajstić information content (AvgIpc) is 2.29. The molecule has 0 heterocycles. The van der Waals surface area contributed by atoms with Gasteiger partial charge in [0.05, 0.1) is 12.8 Å². The van der Waals surface area contributed by atoms with Crippen LogP contribution in [0.2, 0.25) is 0 Å². The van der Waals surface area contributed by atoms with Crippen molar-refractivity contribution < 1.29 is 4.74 Å². The Morgan fingerprint density at radius 1 is 1.33 bits per heavy atom. The molecule has 1 N–H and O–H groups in total. The zero-order valence-electron chi connectivity index (χ0n) is 9.92. The maximum atomic E-state index is 5.27. The first kappa shape index (κ1) is 11.9. The van der Waals surface area contributed by atoms with Crippen molar-refractivity contribution in [1.82, 2.24) is 0 Å².